The lowest BCUT2D eigenvalue weighted by atomic mass is 10.2. The highest BCUT2D eigenvalue weighted by Crippen LogP contribution is 2.13. The lowest BCUT2D eigenvalue weighted by Crippen LogP contribution is -2.14. The zero-order valence-electron chi connectivity index (χ0n) is 10.5. The van der Waals surface area contributed by atoms with E-state index in [-0.39, 0.29) is 12.6 Å². The largest absolute Gasteiger partial charge is 0.482 e. The molecule has 0 heterocycles. The van der Waals surface area contributed by atoms with Crippen LogP contribution < -0.4 is 4.74 Å². The first-order valence-corrected chi connectivity index (χ1v) is 5.73. The maximum Gasteiger partial charge on any atom is 0.344 e. The van der Waals surface area contributed by atoms with Gasteiger partial charge >= 0.3 is 11.9 Å². The summed E-state index contributed by atoms with van der Waals surface area (Å²) in [5, 5.41) is 0. The van der Waals surface area contributed by atoms with E-state index in [0.29, 0.717) is 24.5 Å². The number of carbonyl (C=O) groups is 2. The molecule has 5 nitrogen and oxygen atoms in total. The Bertz CT molecular complexity index is 396. The maximum atomic E-state index is 11.4. The molecule has 5 heteroatoms. The second-order valence-electron chi connectivity index (χ2n) is 3.34. The molecule has 0 saturated heterocycles. The molecule has 1 rings (SSSR count). The van der Waals surface area contributed by atoms with Gasteiger partial charge in [-0.2, -0.15) is 0 Å². The van der Waals surface area contributed by atoms with Crippen LogP contribution in [0.2, 0.25) is 0 Å². The number of ether oxygens (including phenoxy) is 3. The van der Waals surface area contributed by atoms with Crippen LogP contribution in [0.3, 0.4) is 0 Å². The molecule has 98 valence electrons. The number of carbonyl (C=O) groups excluding carboxylic acids is 2. The minimum absolute atomic E-state index is 0.146. The molecule has 0 aliphatic carbocycles. The van der Waals surface area contributed by atoms with Crippen LogP contribution >= 0.6 is 0 Å². The summed E-state index contributed by atoms with van der Waals surface area (Å²) in [5.41, 5.74) is 0.445. The summed E-state index contributed by atoms with van der Waals surface area (Å²) in [4.78, 5) is 22.4. The highest BCUT2D eigenvalue weighted by Gasteiger charge is 2.07. The van der Waals surface area contributed by atoms with Crippen LogP contribution in [0.15, 0.2) is 24.3 Å². The van der Waals surface area contributed by atoms with E-state index in [9.17, 15) is 9.59 Å². The number of rotatable bonds is 6. The molecule has 0 saturated carbocycles. The molecular formula is C13H16O5. The predicted molar refractivity (Wildman–Crippen MR) is 64.5 cm³/mol. The predicted octanol–water partition coefficient (Wildman–Crippen LogP) is 1.81. The Morgan fingerprint density at radius 3 is 2.17 bits per heavy atom. The molecule has 0 aromatic heterocycles. The summed E-state index contributed by atoms with van der Waals surface area (Å²) in [6.45, 7) is 3.98. The third-order valence-corrected chi connectivity index (χ3v) is 2.03. The van der Waals surface area contributed by atoms with Crippen LogP contribution in [0.25, 0.3) is 0 Å². The Morgan fingerprint density at radius 2 is 1.61 bits per heavy atom. The zero-order chi connectivity index (χ0) is 13.4. The first-order chi connectivity index (χ1) is 8.67. The Balaban J connectivity index is 2.50. The first kappa shape index (κ1) is 14.0. The van der Waals surface area contributed by atoms with Gasteiger partial charge in [0.1, 0.15) is 5.75 Å². The standard InChI is InChI=1S/C13H16O5/c1-3-16-12(14)9-18-11-7-5-10(6-8-11)13(15)17-4-2/h5-8H,3-4,9H2,1-2H3. The Hall–Kier alpha value is -2.04. The van der Waals surface area contributed by atoms with Gasteiger partial charge in [-0.15, -0.1) is 0 Å². The Labute approximate surface area is 106 Å². The van der Waals surface area contributed by atoms with E-state index in [1.54, 1.807) is 38.1 Å². The molecule has 0 radical (unpaired) electrons. The summed E-state index contributed by atoms with van der Waals surface area (Å²) >= 11 is 0. The summed E-state index contributed by atoms with van der Waals surface area (Å²) in [6.07, 6.45) is 0. The summed E-state index contributed by atoms with van der Waals surface area (Å²) in [5.74, 6) is -0.308. The van der Waals surface area contributed by atoms with Gasteiger partial charge < -0.3 is 14.2 Å². The van der Waals surface area contributed by atoms with Gasteiger partial charge in [0, 0.05) is 0 Å². The number of benzene rings is 1. The second kappa shape index (κ2) is 7.32. The van der Waals surface area contributed by atoms with Gasteiger partial charge in [0.2, 0.25) is 0 Å². The number of hydrogen-bond acceptors (Lipinski definition) is 5. The molecule has 0 fully saturated rings. The molecule has 0 atom stereocenters. The van der Waals surface area contributed by atoms with Crippen molar-refractivity contribution in [3.05, 3.63) is 29.8 Å². The maximum absolute atomic E-state index is 11.4. The fraction of sp³-hybridized carbons (Fsp3) is 0.385. The number of esters is 2. The minimum atomic E-state index is -0.424. The topological polar surface area (TPSA) is 61.8 Å². The van der Waals surface area contributed by atoms with E-state index in [1.807, 2.05) is 0 Å². The third-order valence-electron chi connectivity index (χ3n) is 2.03. The van der Waals surface area contributed by atoms with Crippen molar-refractivity contribution in [1.29, 1.82) is 0 Å². The lowest BCUT2D eigenvalue weighted by Gasteiger charge is -2.06. The van der Waals surface area contributed by atoms with Crippen molar-refractivity contribution in [2.75, 3.05) is 19.8 Å². The Morgan fingerprint density at radius 1 is 1.00 bits per heavy atom. The van der Waals surface area contributed by atoms with E-state index in [2.05, 4.69) is 0 Å². The SMILES string of the molecule is CCOC(=O)COc1ccc(C(=O)OCC)cc1. The average molecular weight is 252 g/mol. The zero-order valence-corrected chi connectivity index (χ0v) is 10.5. The van der Waals surface area contributed by atoms with Crippen molar-refractivity contribution < 1.29 is 23.8 Å². The van der Waals surface area contributed by atoms with Crippen LogP contribution in [0.1, 0.15) is 24.2 Å². The summed E-state index contributed by atoms with van der Waals surface area (Å²) in [7, 11) is 0. The van der Waals surface area contributed by atoms with Gasteiger partial charge in [0.15, 0.2) is 6.61 Å². The molecule has 0 bridgehead atoms. The van der Waals surface area contributed by atoms with Crippen molar-refractivity contribution in [3.8, 4) is 5.75 Å². The average Bonchev–Trinajstić information content (AvgIpc) is 2.37. The first-order valence-electron chi connectivity index (χ1n) is 5.73. The fourth-order valence-electron chi connectivity index (χ4n) is 1.25. The quantitative estimate of drug-likeness (QED) is 0.722. The normalized spacial score (nSPS) is 9.67. The molecule has 0 aliphatic heterocycles. The van der Waals surface area contributed by atoms with Crippen molar-refractivity contribution >= 4 is 11.9 Å². The van der Waals surface area contributed by atoms with Gasteiger partial charge in [-0.25, -0.2) is 9.59 Å². The van der Waals surface area contributed by atoms with Gasteiger partial charge in [0.05, 0.1) is 18.8 Å². The van der Waals surface area contributed by atoms with Gasteiger partial charge in [0.25, 0.3) is 0 Å². The highest BCUT2D eigenvalue weighted by atomic mass is 16.6. The second-order valence-corrected chi connectivity index (χ2v) is 3.34. The van der Waals surface area contributed by atoms with Gasteiger partial charge in [-0.05, 0) is 38.1 Å². The van der Waals surface area contributed by atoms with E-state index in [1.165, 1.54) is 0 Å². The van der Waals surface area contributed by atoms with Gasteiger partial charge in [-0.3, -0.25) is 0 Å². The molecule has 18 heavy (non-hydrogen) atoms. The van der Waals surface area contributed by atoms with Crippen molar-refractivity contribution in [1.82, 2.24) is 0 Å². The number of hydrogen-bond donors (Lipinski definition) is 0. The minimum Gasteiger partial charge on any atom is -0.482 e. The monoisotopic (exact) mass is 252 g/mol. The summed E-state index contributed by atoms with van der Waals surface area (Å²) in [6, 6.07) is 6.37. The molecule has 0 N–H and O–H groups in total. The Kier molecular flexibility index (Phi) is 5.70. The molecule has 1 aromatic rings. The van der Waals surface area contributed by atoms with E-state index >= 15 is 0 Å². The van der Waals surface area contributed by atoms with Crippen molar-refractivity contribution in [2.45, 2.75) is 13.8 Å². The fourth-order valence-corrected chi connectivity index (χ4v) is 1.25. The molecule has 0 amide bonds. The summed E-state index contributed by atoms with van der Waals surface area (Å²) < 4.78 is 14.8. The van der Waals surface area contributed by atoms with Crippen molar-refractivity contribution in [2.24, 2.45) is 0 Å². The molecule has 1 aromatic carbocycles. The molecular weight excluding hydrogens is 236 g/mol. The van der Waals surface area contributed by atoms with Crippen LogP contribution in [-0.2, 0) is 14.3 Å². The molecule has 0 aliphatic rings. The molecule has 0 spiro atoms. The van der Waals surface area contributed by atoms with Gasteiger partial charge in [-0.1, -0.05) is 0 Å². The highest BCUT2D eigenvalue weighted by molar-refractivity contribution is 5.89. The van der Waals surface area contributed by atoms with Crippen molar-refractivity contribution in [3.63, 3.8) is 0 Å². The van der Waals surface area contributed by atoms with Crippen LogP contribution in [0, 0.1) is 0 Å². The van der Waals surface area contributed by atoms with Crippen LogP contribution in [0.4, 0.5) is 0 Å². The van der Waals surface area contributed by atoms with E-state index < -0.39 is 5.97 Å². The lowest BCUT2D eigenvalue weighted by molar-refractivity contribution is -0.145. The van der Waals surface area contributed by atoms with Crippen LogP contribution in [-0.4, -0.2) is 31.8 Å². The third kappa shape index (κ3) is 4.45. The van der Waals surface area contributed by atoms with E-state index in [0.717, 1.165) is 0 Å². The molecule has 0 unspecified atom stereocenters. The van der Waals surface area contributed by atoms with Crippen LogP contribution in [0.5, 0.6) is 5.75 Å². The smallest absolute Gasteiger partial charge is 0.344 e. The van der Waals surface area contributed by atoms with E-state index in [4.69, 9.17) is 14.2 Å².